The quantitative estimate of drug-likeness (QED) is 0.798. The molecule has 2 heteroatoms. The summed E-state index contributed by atoms with van der Waals surface area (Å²) in [6, 6.07) is 18.8. The Kier molecular flexibility index (Phi) is 5.82. The molecule has 0 aliphatic carbocycles. The van der Waals surface area contributed by atoms with Gasteiger partial charge in [-0.2, -0.15) is 0 Å². The molecular formula is C19H25NO. The Hall–Kier alpha value is -1.80. The fourth-order valence-electron chi connectivity index (χ4n) is 2.23. The van der Waals surface area contributed by atoms with E-state index in [1.54, 1.807) is 0 Å². The SMILES string of the molecule is CC(CNC(C)C)Cc1ccc(Oc2ccccc2)cc1. The molecule has 0 fully saturated rings. The Morgan fingerprint density at radius 2 is 1.48 bits per heavy atom. The van der Waals surface area contributed by atoms with Crippen molar-refractivity contribution in [3.63, 3.8) is 0 Å². The van der Waals surface area contributed by atoms with Gasteiger partial charge in [0.1, 0.15) is 11.5 Å². The summed E-state index contributed by atoms with van der Waals surface area (Å²) < 4.78 is 5.80. The Labute approximate surface area is 128 Å². The zero-order valence-corrected chi connectivity index (χ0v) is 13.2. The van der Waals surface area contributed by atoms with Crippen LogP contribution in [-0.2, 0) is 6.42 Å². The molecule has 0 aliphatic heterocycles. The first-order chi connectivity index (χ1) is 10.1. The van der Waals surface area contributed by atoms with Crippen LogP contribution >= 0.6 is 0 Å². The molecule has 2 aromatic rings. The molecule has 1 N–H and O–H groups in total. The van der Waals surface area contributed by atoms with E-state index in [1.807, 2.05) is 42.5 Å². The summed E-state index contributed by atoms with van der Waals surface area (Å²) in [6.07, 6.45) is 1.09. The summed E-state index contributed by atoms with van der Waals surface area (Å²) in [5.74, 6) is 2.39. The van der Waals surface area contributed by atoms with Crippen LogP contribution < -0.4 is 10.1 Å². The van der Waals surface area contributed by atoms with E-state index in [-0.39, 0.29) is 0 Å². The highest BCUT2D eigenvalue weighted by Crippen LogP contribution is 2.21. The highest BCUT2D eigenvalue weighted by Gasteiger charge is 2.05. The Morgan fingerprint density at radius 3 is 2.10 bits per heavy atom. The van der Waals surface area contributed by atoms with Gasteiger partial charge in [-0.1, -0.05) is 51.1 Å². The number of ether oxygens (including phenoxy) is 1. The number of nitrogens with one attached hydrogen (secondary N) is 1. The van der Waals surface area contributed by atoms with E-state index in [9.17, 15) is 0 Å². The molecule has 0 amide bonds. The van der Waals surface area contributed by atoms with Crippen LogP contribution in [0.5, 0.6) is 11.5 Å². The van der Waals surface area contributed by atoms with Crippen LogP contribution in [0.15, 0.2) is 54.6 Å². The molecule has 112 valence electrons. The summed E-state index contributed by atoms with van der Waals surface area (Å²) in [5.41, 5.74) is 1.36. The number of rotatable bonds is 7. The Morgan fingerprint density at radius 1 is 0.857 bits per heavy atom. The van der Waals surface area contributed by atoms with Crippen molar-refractivity contribution in [2.75, 3.05) is 6.54 Å². The molecule has 2 aromatic carbocycles. The van der Waals surface area contributed by atoms with Crippen molar-refractivity contribution in [3.8, 4) is 11.5 Å². The zero-order chi connectivity index (χ0) is 15.1. The van der Waals surface area contributed by atoms with Crippen LogP contribution in [-0.4, -0.2) is 12.6 Å². The maximum absolute atomic E-state index is 5.80. The fourth-order valence-corrected chi connectivity index (χ4v) is 2.23. The molecule has 21 heavy (non-hydrogen) atoms. The normalized spacial score (nSPS) is 12.4. The van der Waals surface area contributed by atoms with Crippen molar-refractivity contribution >= 4 is 0 Å². The smallest absolute Gasteiger partial charge is 0.127 e. The first-order valence-corrected chi connectivity index (χ1v) is 7.68. The van der Waals surface area contributed by atoms with Crippen molar-refractivity contribution in [3.05, 3.63) is 60.2 Å². The molecular weight excluding hydrogens is 258 g/mol. The van der Waals surface area contributed by atoms with Gasteiger partial charge in [-0.05, 0) is 48.7 Å². The summed E-state index contributed by atoms with van der Waals surface area (Å²) in [6.45, 7) is 7.70. The van der Waals surface area contributed by atoms with E-state index >= 15 is 0 Å². The van der Waals surface area contributed by atoms with Gasteiger partial charge in [0.2, 0.25) is 0 Å². The van der Waals surface area contributed by atoms with Gasteiger partial charge in [0, 0.05) is 6.04 Å². The van der Waals surface area contributed by atoms with Crippen molar-refractivity contribution in [2.24, 2.45) is 5.92 Å². The second-order valence-corrected chi connectivity index (χ2v) is 5.93. The van der Waals surface area contributed by atoms with Gasteiger partial charge >= 0.3 is 0 Å². The molecule has 0 bridgehead atoms. The van der Waals surface area contributed by atoms with Gasteiger partial charge in [0.15, 0.2) is 0 Å². The van der Waals surface area contributed by atoms with E-state index in [1.165, 1.54) is 5.56 Å². The predicted octanol–water partition coefficient (Wildman–Crippen LogP) is 4.66. The molecule has 0 aromatic heterocycles. The average molecular weight is 283 g/mol. The average Bonchev–Trinajstić information content (AvgIpc) is 2.48. The highest BCUT2D eigenvalue weighted by atomic mass is 16.5. The summed E-state index contributed by atoms with van der Waals surface area (Å²) >= 11 is 0. The lowest BCUT2D eigenvalue weighted by Gasteiger charge is -2.15. The largest absolute Gasteiger partial charge is 0.457 e. The molecule has 2 nitrogen and oxygen atoms in total. The second-order valence-electron chi connectivity index (χ2n) is 5.93. The van der Waals surface area contributed by atoms with Crippen LogP contribution in [0.4, 0.5) is 0 Å². The lowest BCUT2D eigenvalue weighted by Crippen LogP contribution is -2.28. The van der Waals surface area contributed by atoms with Crippen molar-refractivity contribution in [1.29, 1.82) is 0 Å². The molecule has 0 radical (unpaired) electrons. The van der Waals surface area contributed by atoms with E-state index in [0.717, 1.165) is 24.5 Å². The zero-order valence-electron chi connectivity index (χ0n) is 13.2. The third-order valence-corrected chi connectivity index (χ3v) is 3.36. The Bertz CT molecular complexity index is 519. The maximum atomic E-state index is 5.80. The molecule has 0 saturated heterocycles. The molecule has 0 aliphatic rings. The number of hydrogen-bond donors (Lipinski definition) is 1. The van der Waals surface area contributed by atoms with Crippen LogP contribution in [0.3, 0.4) is 0 Å². The van der Waals surface area contributed by atoms with Gasteiger partial charge in [-0.15, -0.1) is 0 Å². The maximum Gasteiger partial charge on any atom is 0.127 e. The standard InChI is InChI=1S/C19H25NO/c1-15(2)20-14-16(3)13-17-9-11-19(12-10-17)21-18-7-5-4-6-8-18/h4-12,15-16,20H,13-14H2,1-3H3. The summed E-state index contributed by atoms with van der Waals surface area (Å²) in [4.78, 5) is 0. The minimum Gasteiger partial charge on any atom is -0.457 e. The first kappa shape index (κ1) is 15.6. The van der Waals surface area contributed by atoms with Gasteiger partial charge in [-0.25, -0.2) is 0 Å². The summed E-state index contributed by atoms with van der Waals surface area (Å²) in [7, 11) is 0. The number of benzene rings is 2. The molecule has 1 atom stereocenters. The van der Waals surface area contributed by atoms with Gasteiger partial charge in [0.25, 0.3) is 0 Å². The van der Waals surface area contributed by atoms with E-state index in [2.05, 4.69) is 38.2 Å². The van der Waals surface area contributed by atoms with Crippen LogP contribution in [0, 0.1) is 5.92 Å². The topological polar surface area (TPSA) is 21.3 Å². The number of para-hydroxylation sites is 1. The lowest BCUT2D eigenvalue weighted by atomic mass is 10.0. The van der Waals surface area contributed by atoms with Crippen LogP contribution in [0.1, 0.15) is 26.3 Å². The van der Waals surface area contributed by atoms with Crippen molar-refractivity contribution < 1.29 is 4.74 Å². The summed E-state index contributed by atoms with van der Waals surface area (Å²) in [5, 5.41) is 3.48. The molecule has 2 rings (SSSR count). The number of hydrogen-bond acceptors (Lipinski definition) is 2. The van der Waals surface area contributed by atoms with E-state index in [4.69, 9.17) is 4.74 Å². The van der Waals surface area contributed by atoms with Crippen molar-refractivity contribution in [1.82, 2.24) is 5.32 Å². The molecule has 1 unspecified atom stereocenters. The fraction of sp³-hybridized carbons (Fsp3) is 0.368. The van der Waals surface area contributed by atoms with Crippen LogP contribution in [0.2, 0.25) is 0 Å². The predicted molar refractivity (Wildman–Crippen MR) is 89.0 cm³/mol. The van der Waals surface area contributed by atoms with Crippen molar-refractivity contribution in [2.45, 2.75) is 33.2 Å². The minimum absolute atomic E-state index is 0.550. The molecule has 0 heterocycles. The van der Waals surface area contributed by atoms with Gasteiger partial charge in [0.05, 0.1) is 0 Å². The van der Waals surface area contributed by atoms with Gasteiger partial charge in [-0.3, -0.25) is 0 Å². The lowest BCUT2D eigenvalue weighted by molar-refractivity contribution is 0.473. The minimum atomic E-state index is 0.550. The second kappa shape index (κ2) is 7.84. The monoisotopic (exact) mass is 283 g/mol. The van der Waals surface area contributed by atoms with Gasteiger partial charge < -0.3 is 10.1 Å². The third-order valence-electron chi connectivity index (χ3n) is 3.36. The molecule has 0 spiro atoms. The Balaban J connectivity index is 1.87. The van der Waals surface area contributed by atoms with Crippen LogP contribution in [0.25, 0.3) is 0 Å². The first-order valence-electron chi connectivity index (χ1n) is 7.68. The van der Waals surface area contributed by atoms with E-state index < -0.39 is 0 Å². The highest BCUT2D eigenvalue weighted by molar-refractivity contribution is 5.33. The molecule has 0 saturated carbocycles. The third kappa shape index (κ3) is 5.60. The van der Waals surface area contributed by atoms with E-state index in [0.29, 0.717) is 12.0 Å².